The molecule has 3 aliphatic heterocycles. The van der Waals surface area contributed by atoms with E-state index in [1.54, 1.807) is 0 Å². The van der Waals surface area contributed by atoms with E-state index in [1.807, 2.05) is 0 Å². The number of nitro groups is 1. The van der Waals surface area contributed by atoms with Crippen molar-refractivity contribution >= 4 is 5.69 Å². The summed E-state index contributed by atoms with van der Waals surface area (Å²) < 4.78 is 32.3. The summed E-state index contributed by atoms with van der Waals surface area (Å²) in [6, 6.07) is 5.00. The Kier molecular flexibility index (Phi) is 8.89. The molecule has 12 atom stereocenters. The van der Waals surface area contributed by atoms with E-state index in [4.69, 9.17) is 28.4 Å². The topological polar surface area (TPSA) is 240 Å². The van der Waals surface area contributed by atoms with Crippen molar-refractivity contribution in [3.8, 4) is 5.75 Å². The van der Waals surface area contributed by atoms with Gasteiger partial charge >= 0.3 is 0 Å². The molecular formula is C21H29NO15. The maximum absolute atomic E-state index is 10.8. The minimum Gasteiger partial charge on any atom is -0.462 e. The van der Waals surface area contributed by atoms with Gasteiger partial charge in [0.15, 0.2) is 12.6 Å². The van der Waals surface area contributed by atoms with Crippen molar-refractivity contribution in [2.24, 2.45) is 0 Å². The van der Waals surface area contributed by atoms with Gasteiger partial charge in [0.05, 0.1) is 24.7 Å². The van der Waals surface area contributed by atoms with Crippen LogP contribution in [0.2, 0.25) is 0 Å². The predicted molar refractivity (Wildman–Crippen MR) is 115 cm³/mol. The SMILES string of the molecule is O=[N+]([O-])c1ccc(O[C@@H]2OC[C@@H](O[C@@H]3OC[C@@H](O[C@@H]4OC[C@@H](O)[C@H](O)[C@H]4O)[C@H](O)[C@H]3O)[C@H](O)[C@H]2O)cc1. The summed E-state index contributed by atoms with van der Waals surface area (Å²) in [6.07, 6.45) is -17.5. The Hall–Kier alpha value is -2.06. The zero-order valence-corrected chi connectivity index (χ0v) is 19.2. The highest BCUT2D eigenvalue weighted by atomic mass is 16.7. The molecule has 3 aliphatic rings. The van der Waals surface area contributed by atoms with Gasteiger partial charge in [0.25, 0.3) is 5.69 Å². The van der Waals surface area contributed by atoms with Crippen LogP contribution in [0.1, 0.15) is 0 Å². The molecule has 0 aliphatic carbocycles. The summed E-state index contributed by atoms with van der Waals surface area (Å²) in [4.78, 5) is 10.2. The average Bonchev–Trinajstić information content (AvgIpc) is 2.88. The summed E-state index contributed by atoms with van der Waals surface area (Å²) in [7, 11) is 0. The van der Waals surface area contributed by atoms with Crippen LogP contribution in [0.3, 0.4) is 0 Å². The van der Waals surface area contributed by atoms with Gasteiger partial charge in [0, 0.05) is 12.1 Å². The molecule has 16 heteroatoms. The van der Waals surface area contributed by atoms with Crippen LogP contribution in [-0.4, -0.2) is 134 Å². The van der Waals surface area contributed by atoms with Crippen LogP contribution < -0.4 is 4.74 Å². The monoisotopic (exact) mass is 535 g/mol. The highest BCUT2D eigenvalue weighted by Crippen LogP contribution is 2.28. The molecule has 7 N–H and O–H groups in total. The summed E-state index contributed by atoms with van der Waals surface area (Å²) in [5.74, 6) is 0.149. The average molecular weight is 535 g/mol. The zero-order chi connectivity index (χ0) is 26.9. The maximum atomic E-state index is 10.8. The highest BCUT2D eigenvalue weighted by Gasteiger charge is 2.48. The van der Waals surface area contributed by atoms with E-state index >= 15 is 0 Å². The second-order valence-corrected chi connectivity index (χ2v) is 8.83. The van der Waals surface area contributed by atoms with Crippen LogP contribution in [0.5, 0.6) is 5.75 Å². The van der Waals surface area contributed by atoms with Crippen LogP contribution in [0, 0.1) is 10.1 Å². The lowest BCUT2D eigenvalue weighted by Crippen LogP contribution is -2.61. The van der Waals surface area contributed by atoms with Gasteiger partial charge < -0.3 is 64.2 Å². The number of aliphatic hydroxyl groups is 7. The third-order valence-electron chi connectivity index (χ3n) is 6.24. The van der Waals surface area contributed by atoms with Gasteiger partial charge in [-0.15, -0.1) is 0 Å². The fraction of sp³-hybridized carbons (Fsp3) is 0.714. The molecule has 0 saturated carbocycles. The molecule has 208 valence electrons. The lowest BCUT2D eigenvalue weighted by molar-refractivity contribution is -0.384. The Morgan fingerprint density at radius 2 is 1.14 bits per heavy atom. The Labute approximate surface area is 209 Å². The highest BCUT2D eigenvalue weighted by molar-refractivity contribution is 5.36. The number of ether oxygens (including phenoxy) is 6. The molecule has 1 aromatic rings. The van der Waals surface area contributed by atoms with E-state index < -0.39 is 78.7 Å². The molecule has 4 rings (SSSR count). The molecule has 0 amide bonds. The van der Waals surface area contributed by atoms with Crippen LogP contribution in [0.25, 0.3) is 0 Å². The molecule has 0 spiro atoms. The standard InChI is InChI=1S/C21H29NO15/c23-10-5-32-20(16(27)13(10)24)36-12-7-34-21(18(29)15(12)26)37-11-6-33-19(17(28)14(11)25)35-9-3-1-8(2-4-9)22(30)31/h1-4,10-21,23-29H,5-7H2/t10-,11-,12-,13+,14+,15+,16-,17-,18-,19+,20+,21+/m1/s1. The van der Waals surface area contributed by atoms with Crippen molar-refractivity contribution < 1.29 is 69.1 Å². The van der Waals surface area contributed by atoms with Crippen molar-refractivity contribution in [3.63, 3.8) is 0 Å². The van der Waals surface area contributed by atoms with Crippen molar-refractivity contribution in [1.82, 2.24) is 0 Å². The van der Waals surface area contributed by atoms with Gasteiger partial charge in [0.1, 0.15) is 60.7 Å². The van der Waals surface area contributed by atoms with E-state index in [2.05, 4.69) is 0 Å². The van der Waals surface area contributed by atoms with Crippen LogP contribution >= 0.6 is 0 Å². The molecule has 3 fully saturated rings. The number of hydrogen-bond acceptors (Lipinski definition) is 15. The number of nitro benzene ring substituents is 1. The first-order chi connectivity index (χ1) is 17.6. The fourth-order valence-corrected chi connectivity index (χ4v) is 4.02. The fourth-order valence-electron chi connectivity index (χ4n) is 4.02. The lowest BCUT2D eigenvalue weighted by Gasteiger charge is -2.43. The molecule has 0 bridgehead atoms. The molecule has 16 nitrogen and oxygen atoms in total. The summed E-state index contributed by atoms with van der Waals surface area (Å²) in [5, 5.41) is 81.8. The van der Waals surface area contributed by atoms with Crippen molar-refractivity contribution in [1.29, 1.82) is 0 Å². The second kappa shape index (κ2) is 11.8. The Morgan fingerprint density at radius 1 is 0.676 bits per heavy atom. The summed E-state index contributed by atoms with van der Waals surface area (Å²) in [6.45, 7) is -0.968. The third kappa shape index (κ3) is 6.17. The van der Waals surface area contributed by atoms with E-state index in [1.165, 1.54) is 24.3 Å². The van der Waals surface area contributed by atoms with E-state index in [0.717, 1.165) is 0 Å². The van der Waals surface area contributed by atoms with E-state index in [9.17, 15) is 45.9 Å². The van der Waals surface area contributed by atoms with Gasteiger partial charge in [-0.25, -0.2) is 0 Å². The van der Waals surface area contributed by atoms with Gasteiger partial charge in [-0.05, 0) is 12.1 Å². The third-order valence-corrected chi connectivity index (χ3v) is 6.24. The van der Waals surface area contributed by atoms with Crippen molar-refractivity contribution in [2.45, 2.75) is 73.8 Å². The Morgan fingerprint density at radius 3 is 1.68 bits per heavy atom. The molecule has 0 aromatic heterocycles. The molecule has 0 radical (unpaired) electrons. The Bertz CT molecular complexity index is 904. The first-order valence-electron chi connectivity index (χ1n) is 11.4. The Balaban J connectivity index is 1.28. The molecule has 37 heavy (non-hydrogen) atoms. The predicted octanol–water partition coefficient (Wildman–Crippen LogP) is -3.66. The summed E-state index contributed by atoms with van der Waals surface area (Å²) in [5.41, 5.74) is -0.161. The van der Waals surface area contributed by atoms with E-state index in [-0.39, 0.29) is 31.3 Å². The van der Waals surface area contributed by atoms with E-state index in [0.29, 0.717) is 0 Å². The van der Waals surface area contributed by atoms with Gasteiger partial charge in [-0.2, -0.15) is 0 Å². The maximum Gasteiger partial charge on any atom is 0.269 e. The second-order valence-electron chi connectivity index (χ2n) is 8.83. The first-order valence-corrected chi connectivity index (χ1v) is 11.4. The molecule has 0 unspecified atom stereocenters. The van der Waals surface area contributed by atoms with Crippen LogP contribution in [-0.2, 0) is 23.7 Å². The zero-order valence-electron chi connectivity index (χ0n) is 19.2. The molecular weight excluding hydrogens is 506 g/mol. The van der Waals surface area contributed by atoms with Gasteiger partial charge in [0.2, 0.25) is 6.29 Å². The quantitative estimate of drug-likeness (QED) is 0.131. The summed E-state index contributed by atoms with van der Waals surface area (Å²) >= 11 is 0. The molecule has 3 saturated heterocycles. The molecule has 1 aromatic carbocycles. The van der Waals surface area contributed by atoms with Crippen molar-refractivity contribution in [2.75, 3.05) is 19.8 Å². The van der Waals surface area contributed by atoms with Crippen LogP contribution in [0.15, 0.2) is 24.3 Å². The minimum absolute atomic E-state index is 0.149. The smallest absolute Gasteiger partial charge is 0.269 e. The molecule has 3 heterocycles. The van der Waals surface area contributed by atoms with Crippen LogP contribution in [0.4, 0.5) is 5.69 Å². The number of benzene rings is 1. The minimum atomic E-state index is -1.69. The number of rotatable bonds is 7. The first kappa shape index (κ1) is 28.0. The lowest BCUT2D eigenvalue weighted by atomic mass is 10.0. The number of nitrogens with zero attached hydrogens (tertiary/aromatic N) is 1. The normalized spacial score (nSPS) is 42.8. The van der Waals surface area contributed by atoms with Gasteiger partial charge in [-0.3, -0.25) is 10.1 Å². The van der Waals surface area contributed by atoms with Gasteiger partial charge in [-0.1, -0.05) is 0 Å². The largest absolute Gasteiger partial charge is 0.462 e. The van der Waals surface area contributed by atoms with Crippen molar-refractivity contribution in [3.05, 3.63) is 34.4 Å². The number of aliphatic hydroxyl groups excluding tert-OH is 7. The number of non-ortho nitro benzene ring substituents is 1. The number of hydrogen-bond donors (Lipinski definition) is 7.